The van der Waals surface area contributed by atoms with Crippen molar-refractivity contribution in [3.63, 3.8) is 0 Å². The van der Waals surface area contributed by atoms with Gasteiger partial charge in [0.15, 0.2) is 0 Å². The fourth-order valence-corrected chi connectivity index (χ4v) is 5.03. The molecule has 0 spiro atoms. The second-order valence-electron chi connectivity index (χ2n) is 10.1. The quantitative estimate of drug-likeness (QED) is 0.164. The number of alkyl halides is 6. The van der Waals surface area contributed by atoms with Crippen molar-refractivity contribution in [1.82, 2.24) is 14.5 Å². The van der Waals surface area contributed by atoms with Crippen LogP contribution in [-0.2, 0) is 18.9 Å². The number of carbonyl (C=O) groups is 1. The third kappa shape index (κ3) is 6.42. The molecule has 5 aromatic rings. The smallest absolute Gasteiger partial charge is 0.416 e. The first kappa shape index (κ1) is 31.4. The van der Waals surface area contributed by atoms with Crippen molar-refractivity contribution in [1.29, 1.82) is 0 Å². The Morgan fingerprint density at radius 1 is 0.933 bits per heavy atom. The van der Waals surface area contributed by atoms with E-state index >= 15 is 0 Å². The summed E-state index contributed by atoms with van der Waals surface area (Å²) < 4.78 is 94.2. The summed E-state index contributed by atoms with van der Waals surface area (Å²) in [6.45, 7) is 1.30. The maximum atomic E-state index is 14.1. The second kappa shape index (κ2) is 12.1. The highest BCUT2D eigenvalue weighted by Gasteiger charge is 2.39. The highest BCUT2D eigenvalue weighted by molar-refractivity contribution is 5.95. The Kier molecular flexibility index (Phi) is 8.46. The molecular formula is C32H25F6N3O4. The molecule has 234 valence electrons. The predicted octanol–water partition coefficient (Wildman–Crippen LogP) is 7.82. The molecule has 1 unspecified atom stereocenters. The molecule has 0 bridgehead atoms. The van der Waals surface area contributed by atoms with Crippen LogP contribution in [-0.4, -0.2) is 27.5 Å². The summed E-state index contributed by atoms with van der Waals surface area (Å²) in [5.41, 5.74) is -3.98. The van der Waals surface area contributed by atoms with Crippen LogP contribution in [0, 0.1) is 0 Å². The number of aromatic nitrogens is 2. The van der Waals surface area contributed by atoms with E-state index < -0.39 is 46.6 Å². The van der Waals surface area contributed by atoms with E-state index in [0.717, 1.165) is 4.90 Å². The number of hydrogen-bond donors (Lipinski definition) is 0. The molecule has 1 amide bonds. The molecule has 2 aromatic heterocycles. The number of benzene rings is 3. The zero-order valence-corrected chi connectivity index (χ0v) is 23.8. The molecule has 0 aliphatic carbocycles. The number of methoxy groups -OCH3 is 1. The minimum atomic E-state index is -5.17. The van der Waals surface area contributed by atoms with Crippen molar-refractivity contribution in [3.8, 4) is 11.4 Å². The van der Waals surface area contributed by atoms with E-state index in [0.29, 0.717) is 23.6 Å². The van der Waals surface area contributed by atoms with Gasteiger partial charge in [-0.15, -0.1) is 0 Å². The van der Waals surface area contributed by atoms with Gasteiger partial charge in [0, 0.05) is 5.56 Å². The van der Waals surface area contributed by atoms with Gasteiger partial charge in [0.05, 0.1) is 53.7 Å². The van der Waals surface area contributed by atoms with Crippen LogP contribution in [0.3, 0.4) is 0 Å². The highest BCUT2D eigenvalue weighted by atomic mass is 19.4. The van der Waals surface area contributed by atoms with Crippen molar-refractivity contribution in [2.75, 3.05) is 7.11 Å². The van der Waals surface area contributed by atoms with E-state index in [1.54, 1.807) is 55.5 Å². The second-order valence-corrected chi connectivity index (χ2v) is 10.1. The zero-order valence-electron chi connectivity index (χ0n) is 23.8. The number of fused-ring (bicyclic) bond motifs is 1. The number of furan rings is 1. The Balaban J connectivity index is 1.75. The summed E-state index contributed by atoms with van der Waals surface area (Å²) in [7, 11) is 1.47. The SMILES string of the molecule is CCC(c1nc2ccccc2c(=O)n1-c1ccc(OC)cc1)N(Cc1ccco1)C(=O)c1cc(C(F)(F)F)cc(C(F)(F)F)c1. The van der Waals surface area contributed by atoms with E-state index in [-0.39, 0.29) is 41.5 Å². The topological polar surface area (TPSA) is 77.6 Å². The fraction of sp³-hybridized carbons (Fsp3) is 0.219. The van der Waals surface area contributed by atoms with Crippen LogP contribution < -0.4 is 10.3 Å². The Bertz CT molecular complexity index is 1850. The molecule has 0 saturated heterocycles. The minimum absolute atomic E-state index is 0.0364. The number of para-hydroxylation sites is 1. The van der Waals surface area contributed by atoms with E-state index in [1.165, 1.54) is 30.1 Å². The molecule has 7 nitrogen and oxygen atoms in total. The third-order valence-corrected chi connectivity index (χ3v) is 7.19. The van der Waals surface area contributed by atoms with Crippen LogP contribution in [0.5, 0.6) is 5.75 Å². The van der Waals surface area contributed by atoms with Crippen LogP contribution in [0.4, 0.5) is 26.3 Å². The van der Waals surface area contributed by atoms with Crippen molar-refractivity contribution in [2.45, 2.75) is 38.3 Å². The van der Waals surface area contributed by atoms with E-state index in [2.05, 4.69) is 0 Å². The maximum Gasteiger partial charge on any atom is 0.416 e. The minimum Gasteiger partial charge on any atom is -0.497 e. The number of rotatable bonds is 8. The molecule has 2 heterocycles. The Morgan fingerprint density at radius 3 is 2.13 bits per heavy atom. The first-order valence-corrected chi connectivity index (χ1v) is 13.6. The van der Waals surface area contributed by atoms with Gasteiger partial charge in [0.1, 0.15) is 17.3 Å². The third-order valence-electron chi connectivity index (χ3n) is 7.19. The van der Waals surface area contributed by atoms with E-state index in [4.69, 9.17) is 14.1 Å². The molecule has 1 atom stereocenters. The van der Waals surface area contributed by atoms with Gasteiger partial charge in [-0.1, -0.05) is 19.1 Å². The van der Waals surface area contributed by atoms with E-state index in [1.807, 2.05) is 0 Å². The zero-order chi connectivity index (χ0) is 32.5. The molecule has 0 fully saturated rings. The monoisotopic (exact) mass is 629 g/mol. The van der Waals surface area contributed by atoms with Gasteiger partial charge in [-0.25, -0.2) is 4.98 Å². The maximum absolute atomic E-state index is 14.1. The van der Waals surface area contributed by atoms with Crippen LogP contribution in [0.25, 0.3) is 16.6 Å². The van der Waals surface area contributed by atoms with Crippen LogP contribution in [0.1, 0.15) is 52.5 Å². The standard InChI is InChI=1S/C32H25F6N3O4/c1-3-27(28-39-26-9-5-4-8-25(26)30(43)41(28)22-10-12-23(44-2)13-11-22)40(18-24-7-6-14-45-24)29(42)19-15-20(31(33,34)35)17-21(16-19)32(36,37)38/h4-17,27H,3,18H2,1-2H3. The molecule has 45 heavy (non-hydrogen) atoms. The summed E-state index contributed by atoms with van der Waals surface area (Å²) >= 11 is 0. The number of amides is 1. The van der Waals surface area contributed by atoms with Crippen molar-refractivity contribution >= 4 is 16.8 Å². The van der Waals surface area contributed by atoms with Gasteiger partial charge in [0.25, 0.3) is 11.5 Å². The largest absolute Gasteiger partial charge is 0.497 e. The van der Waals surface area contributed by atoms with Gasteiger partial charge in [-0.05, 0) is 73.2 Å². The van der Waals surface area contributed by atoms with Gasteiger partial charge >= 0.3 is 12.4 Å². The van der Waals surface area contributed by atoms with Crippen LogP contribution in [0.15, 0.2) is 94.3 Å². The molecule has 5 rings (SSSR count). The predicted molar refractivity (Wildman–Crippen MR) is 152 cm³/mol. The lowest BCUT2D eigenvalue weighted by Crippen LogP contribution is -2.38. The van der Waals surface area contributed by atoms with Gasteiger partial charge in [0.2, 0.25) is 0 Å². The van der Waals surface area contributed by atoms with Crippen LogP contribution >= 0.6 is 0 Å². The molecule has 3 aromatic carbocycles. The normalized spacial score (nSPS) is 12.7. The Hall–Kier alpha value is -5.07. The van der Waals surface area contributed by atoms with E-state index in [9.17, 15) is 35.9 Å². The summed E-state index contributed by atoms with van der Waals surface area (Å²) in [5, 5.41) is 0.253. The van der Waals surface area contributed by atoms with Gasteiger partial charge in [-0.2, -0.15) is 26.3 Å². The Labute approximate surface area is 252 Å². The summed E-state index contributed by atoms with van der Waals surface area (Å²) in [6, 6.07) is 15.5. The van der Waals surface area contributed by atoms with Crippen molar-refractivity contribution < 1.29 is 40.3 Å². The number of halogens is 6. The number of carbonyl (C=O) groups excluding carboxylic acids is 1. The average molecular weight is 630 g/mol. The number of hydrogen-bond acceptors (Lipinski definition) is 5. The molecule has 0 radical (unpaired) electrons. The van der Waals surface area contributed by atoms with Crippen molar-refractivity contribution in [2.24, 2.45) is 0 Å². The first-order valence-electron chi connectivity index (χ1n) is 13.6. The molecule has 0 aliphatic rings. The van der Waals surface area contributed by atoms with Gasteiger partial charge in [-0.3, -0.25) is 14.2 Å². The Morgan fingerprint density at radius 2 is 1.58 bits per heavy atom. The van der Waals surface area contributed by atoms with Gasteiger partial charge < -0.3 is 14.1 Å². The molecule has 0 saturated carbocycles. The first-order chi connectivity index (χ1) is 21.3. The van der Waals surface area contributed by atoms with Crippen molar-refractivity contribution in [3.05, 3.63) is 124 Å². The molecular weight excluding hydrogens is 604 g/mol. The average Bonchev–Trinajstić information content (AvgIpc) is 3.53. The lowest BCUT2D eigenvalue weighted by Gasteiger charge is -2.32. The highest BCUT2D eigenvalue weighted by Crippen LogP contribution is 2.38. The lowest BCUT2D eigenvalue weighted by molar-refractivity contribution is -0.143. The molecule has 0 aliphatic heterocycles. The fourth-order valence-electron chi connectivity index (χ4n) is 5.03. The lowest BCUT2D eigenvalue weighted by atomic mass is 10.0. The summed E-state index contributed by atoms with van der Waals surface area (Å²) in [6.07, 6.45) is -8.95. The number of nitrogens with zero attached hydrogens (tertiary/aromatic N) is 3. The summed E-state index contributed by atoms with van der Waals surface area (Å²) in [5.74, 6) is -0.425. The summed E-state index contributed by atoms with van der Waals surface area (Å²) in [4.78, 5) is 33.8. The molecule has 13 heteroatoms. The molecule has 0 N–H and O–H groups in total. The van der Waals surface area contributed by atoms with Crippen LogP contribution in [0.2, 0.25) is 0 Å². The number of ether oxygens (including phenoxy) is 1.